The summed E-state index contributed by atoms with van der Waals surface area (Å²) in [5.41, 5.74) is 3.07. The van der Waals surface area contributed by atoms with Crippen molar-refractivity contribution in [2.75, 3.05) is 10.1 Å². The van der Waals surface area contributed by atoms with E-state index in [2.05, 4.69) is 52.9 Å². The van der Waals surface area contributed by atoms with Gasteiger partial charge in [-0.15, -0.1) is 9.89 Å². The molecule has 5 rings (SSSR count). The first-order chi connectivity index (χ1) is 11.4. The first-order valence-corrected chi connectivity index (χ1v) is 8.20. The van der Waals surface area contributed by atoms with E-state index in [1.165, 1.54) is 0 Å². The quantitative estimate of drug-likeness (QED) is 0.643. The molecule has 0 amide bonds. The number of alkyl halides is 1. The van der Waals surface area contributed by atoms with Crippen molar-refractivity contribution in [3.8, 4) is 5.69 Å². The standard InChI is InChI=1S/C14H11BrN8/c15-5-10-7-21(19-18-10)22-9-17-14-11-3-1-2-4-12(11)20-8-16-6-13(20)23(14)22/h1-4,6-9,14H,5H2. The highest BCUT2D eigenvalue weighted by atomic mass is 79.9. The maximum absolute atomic E-state index is 4.66. The van der Waals surface area contributed by atoms with Crippen molar-refractivity contribution in [1.82, 2.24) is 24.7 Å². The Hall–Kier alpha value is -2.68. The summed E-state index contributed by atoms with van der Waals surface area (Å²) in [4.78, 5) is 10.6. The molecule has 9 heteroatoms. The molecule has 0 fully saturated rings. The highest BCUT2D eigenvalue weighted by molar-refractivity contribution is 9.08. The van der Waals surface area contributed by atoms with E-state index in [1.54, 1.807) is 11.1 Å². The number of aromatic nitrogens is 5. The minimum atomic E-state index is -0.132. The van der Waals surface area contributed by atoms with E-state index in [0.29, 0.717) is 5.33 Å². The van der Waals surface area contributed by atoms with Crippen LogP contribution in [0.1, 0.15) is 17.4 Å². The number of benzene rings is 1. The lowest BCUT2D eigenvalue weighted by Gasteiger charge is -2.36. The highest BCUT2D eigenvalue weighted by Gasteiger charge is 2.38. The number of imidazole rings is 1. The topological polar surface area (TPSA) is 67.4 Å². The normalized spacial score (nSPS) is 18.0. The minimum Gasteiger partial charge on any atom is -0.284 e. The van der Waals surface area contributed by atoms with Crippen LogP contribution in [-0.4, -0.2) is 31.0 Å². The monoisotopic (exact) mass is 370 g/mol. The van der Waals surface area contributed by atoms with Gasteiger partial charge in [0.2, 0.25) is 0 Å². The van der Waals surface area contributed by atoms with E-state index in [0.717, 1.165) is 22.8 Å². The second kappa shape index (κ2) is 4.66. The van der Waals surface area contributed by atoms with Crippen LogP contribution in [0.5, 0.6) is 0 Å². The fraction of sp³-hybridized carbons (Fsp3) is 0.143. The zero-order chi connectivity index (χ0) is 15.4. The van der Waals surface area contributed by atoms with E-state index >= 15 is 0 Å². The van der Waals surface area contributed by atoms with Crippen LogP contribution in [0.15, 0.2) is 48.0 Å². The summed E-state index contributed by atoms with van der Waals surface area (Å²) < 4.78 is 2.05. The van der Waals surface area contributed by atoms with E-state index in [-0.39, 0.29) is 6.17 Å². The Labute approximate surface area is 139 Å². The number of aliphatic imine (C=N–C) groups is 1. The van der Waals surface area contributed by atoms with E-state index in [4.69, 9.17) is 0 Å². The molecule has 2 aromatic heterocycles. The molecule has 4 heterocycles. The summed E-state index contributed by atoms with van der Waals surface area (Å²) in [6.45, 7) is 0. The van der Waals surface area contributed by atoms with Crippen molar-refractivity contribution >= 4 is 28.1 Å². The number of hydrogen-bond donors (Lipinski definition) is 0. The summed E-state index contributed by atoms with van der Waals surface area (Å²) in [7, 11) is 0. The molecule has 23 heavy (non-hydrogen) atoms. The number of hydrogen-bond acceptors (Lipinski definition) is 6. The maximum atomic E-state index is 4.66. The molecule has 0 saturated heterocycles. The van der Waals surface area contributed by atoms with E-state index in [1.807, 2.05) is 41.0 Å². The maximum Gasteiger partial charge on any atom is 0.173 e. The van der Waals surface area contributed by atoms with Gasteiger partial charge < -0.3 is 0 Å². The molecule has 2 aliphatic heterocycles. The Morgan fingerprint density at radius 3 is 3.00 bits per heavy atom. The van der Waals surface area contributed by atoms with Gasteiger partial charge in [-0.3, -0.25) is 4.57 Å². The van der Waals surface area contributed by atoms with E-state index in [9.17, 15) is 0 Å². The number of nitrogens with zero attached hydrogens (tertiary/aromatic N) is 8. The molecule has 0 aliphatic carbocycles. The SMILES string of the molecule is BrCc1cn(N2C=NC3c4ccccc4-n4cncc4N32)nn1. The largest absolute Gasteiger partial charge is 0.284 e. The van der Waals surface area contributed by atoms with Gasteiger partial charge in [0, 0.05) is 10.9 Å². The van der Waals surface area contributed by atoms with Gasteiger partial charge in [-0.25, -0.2) is 15.0 Å². The Balaban J connectivity index is 1.66. The molecule has 0 saturated carbocycles. The Bertz CT molecular complexity index is 913. The summed E-state index contributed by atoms with van der Waals surface area (Å²) in [5, 5.41) is 12.8. The number of fused-ring (bicyclic) bond motifs is 6. The molecule has 0 radical (unpaired) electrons. The van der Waals surface area contributed by atoms with Gasteiger partial charge in [-0.1, -0.05) is 34.1 Å². The summed E-state index contributed by atoms with van der Waals surface area (Å²) in [6, 6.07) is 8.21. The third-order valence-electron chi connectivity index (χ3n) is 3.97. The van der Waals surface area contributed by atoms with Crippen LogP contribution in [0.3, 0.4) is 0 Å². The van der Waals surface area contributed by atoms with Crippen LogP contribution in [0.25, 0.3) is 5.69 Å². The zero-order valence-corrected chi connectivity index (χ0v) is 13.4. The van der Waals surface area contributed by atoms with Gasteiger partial charge in [-0.2, -0.15) is 5.12 Å². The molecule has 3 aromatic rings. The molecular weight excluding hydrogens is 360 g/mol. The average Bonchev–Trinajstić information content (AvgIpc) is 3.32. The number of halogens is 1. The molecule has 2 aliphatic rings. The smallest absolute Gasteiger partial charge is 0.173 e. The lowest BCUT2D eigenvalue weighted by atomic mass is 10.1. The minimum absolute atomic E-state index is 0.132. The Morgan fingerprint density at radius 1 is 1.22 bits per heavy atom. The van der Waals surface area contributed by atoms with Gasteiger partial charge in [-0.05, 0) is 11.3 Å². The molecule has 1 unspecified atom stereocenters. The van der Waals surface area contributed by atoms with Crippen LogP contribution in [-0.2, 0) is 5.33 Å². The first-order valence-electron chi connectivity index (χ1n) is 7.07. The van der Waals surface area contributed by atoms with E-state index < -0.39 is 0 Å². The zero-order valence-electron chi connectivity index (χ0n) is 11.9. The number of para-hydroxylation sites is 1. The second-order valence-electron chi connectivity index (χ2n) is 5.25. The van der Waals surface area contributed by atoms with Crippen LogP contribution < -0.4 is 10.1 Å². The fourth-order valence-corrected chi connectivity index (χ4v) is 3.22. The number of anilines is 1. The summed E-state index contributed by atoms with van der Waals surface area (Å²) in [5.74, 6) is 0.932. The van der Waals surface area contributed by atoms with Crippen LogP contribution >= 0.6 is 15.9 Å². The predicted octanol–water partition coefficient (Wildman–Crippen LogP) is 1.77. The summed E-state index contributed by atoms with van der Waals surface area (Å²) >= 11 is 3.39. The third kappa shape index (κ3) is 1.70. The van der Waals surface area contributed by atoms with Crippen molar-refractivity contribution in [2.24, 2.45) is 4.99 Å². The van der Waals surface area contributed by atoms with Crippen molar-refractivity contribution in [3.63, 3.8) is 0 Å². The van der Waals surface area contributed by atoms with Gasteiger partial charge >= 0.3 is 0 Å². The van der Waals surface area contributed by atoms with Gasteiger partial charge in [0.15, 0.2) is 12.0 Å². The van der Waals surface area contributed by atoms with Crippen LogP contribution in [0, 0.1) is 0 Å². The van der Waals surface area contributed by atoms with Crippen LogP contribution in [0.4, 0.5) is 5.82 Å². The van der Waals surface area contributed by atoms with Crippen molar-refractivity contribution < 1.29 is 0 Å². The number of hydrazine groups is 1. The average molecular weight is 371 g/mol. The molecule has 0 N–H and O–H groups in total. The van der Waals surface area contributed by atoms with Gasteiger partial charge in [0.1, 0.15) is 12.7 Å². The third-order valence-corrected chi connectivity index (χ3v) is 4.54. The number of rotatable bonds is 2. The van der Waals surface area contributed by atoms with Gasteiger partial charge in [0.05, 0.1) is 23.8 Å². The molecule has 1 aromatic carbocycles. The molecule has 8 nitrogen and oxygen atoms in total. The van der Waals surface area contributed by atoms with Crippen molar-refractivity contribution in [3.05, 3.63) is 54.2 Å². The molecule has 114 valence electrons. The molecule has 1 atom stereocenters. The van der Waals surface area contributed by atoms with Gasteiger partial charge in [0.25, 0.3) is 0 Å². The van der Waals surface area contributed by atoms with Crippen molar-refractivity contribution in [2.45, 2.75) is 11.5 Å². The molecule has 0 spiro atoms. The second-order valence-corrected chi connectivity index (χ2v) is 5.81. The predicted molar refractivity (Wildman–Crippen MR) is 88.1 cm³/mol. The molecular formula is C14H11BrN8. The fourth-order valence-electron chi connectivity index (χ4n) is 2.97. The lowest BCUT2D eigenvalue weighted by molar-refractivity contribution is 0.541. The molecule has 0 bridgehead atoms. The van der Waals surface area contributed by atoms with Crippen molar-refractivity contribution in [1.29, 1.82) is 0 Å². The lowest BCUT2D eigenvalue weighted by Crippen LogP contribution is -2.49. The Morgan fingerprint density at radius 2 is 2.13 bits per heavy atom. The Kier molecular flexibility index (Phi) is 2.60. The highest BCUT2D eigenvalue weighted by Crippen LogP contribution is 2.40. The summed E-state index contributed by atoms with van der Waals surface area (Å²) in [6.07, 6.45) is 7.13. The first kappa shape index (κ1) is 12.8. The van der Waals surface area contributed by atoms with Crippen LogP contribution in [0.2, 0.25) is 0 Å².